The highest BCUT2D eigenvalue weighted by molar-refractivity contribution is 5.75. The smallest absolute Gasteiger partial charge is 0.126 e. The van der Waals surface area contributed by atoms with Gasteiger partial charge in [-0.3, -0.25) is 4.99 Å². The first-order chi connectivity index (χ1) is 11.9. The molecule has 0 aliphatic carbocycles. The second-order valence-electron chi connectivity index (χ2n) is 6.25. The van der Waals surface area contributed by atoms with Gasteiger partial charge >= 0.3 is 0 Å². The fourth-order valence-electron chi connectivity index (χ4n) is 3.30. The highest BCUT2D eigenvalue weighted by atomic mass is 15.0. The minimum Gasteiger partial charge on any atom is -0.384 e. The van der Waals surface area contributed by atoms with Crippen molar-refractivity contribution in [3.8, 4) is 0 Å². The zero-order valence-corrected chi connectivity index (χ0v) is 13.8. The van der Waals surface area contributed by atoms with Gasteiger partial charge in [-0.2, -0.15) is 0 Å². The van der Waals surface area contributed by atoms with Crippen LogP contribution < -0.4 is 16.0 Å². The number of fused-ring (bicyclic) bond motifs is 4. The van der Waals surface area contributed by atoms with E-state index in [4.69, 9.17) is 4.98 Å². The van der Waals surface area contributed by atoms with Crippen LogP contribution in [0.25, 0.3) is 0 Å². The third-order valence-corrected chi connectivity index (χ3v) is 4.56. The fourth-order valence-corrected chi connectivity index (χ4v) is 3.30. The van der Waals surface area contributed by atoms with Gasteiger partial charge < -0.3 is 16.0 Å². The molecule has 0 spiro atoms. The van der Waals surface area contributed by atoms with Crippen molar-refractivity contribution >= 4 is 17.7 Å². The van der Waals surface area contributed by atoms with Gasteiger partial charge in [0.1, 0.15) is 5.82 Å². The summed E-state index contributed by atoms with van der Waals surface area (Å²) in [6.45, 7) is 4.48. The molecule has 124 valence electrons. The molecule has 3 heterocycles. The van der Waals surface area contributed by atoms with Crippen molar-refractivity contribution in [3.05, 3.63) is 53.2 Å². The van der Waals surface area contributed by atoms with Crippen LogP contribution in [0.3, 0.4) is 0 Å². The van der Waals surface area contributed by atoms with Crippen LogP contribution >= 0.6 is 0 Å². The Morgan fingerprint density at radius 3 is 2.83 bits per heavy atom. The lowest BCUT2D eigenvalue weighted by atomic mass is 9.92. The van der Waals surface area contributed by atoms with Gasteiger partial charge in [0.2, 0.25) is 0 Å². The van der Waals surface area contributed by atoms with Crippen molar-refractivity contribution in [2.24, 2.45) is 4.99 Å². The van der Waals surface area contributed by atoms with Crippen molar-refractivity contribution in [1.29, 1.82) is 0 Å². The standard InChI is InChI=1S/C19H23N5/c1-2-15-12-16(3-1)22-10-8-20-9-11-23-18-5-4-14-6-7-21-13-17(15)19(14)24-18/h1-5,12-13,17,20,22H,6-11H2,(H,23,24). The molecule has 1 atom stereocenters. The van der Waals surface area contributed by atoms with Gasteiger partial charge in [0.15, 0.2) is 0 Å². The maximum Gasteiger partial charge on any atom is 0.126 e. The van der Waals surface area contributed by atoms with E-state index in [0.717, 1.165) is 56.3 Å². The molecule has 2 aliphatic rings. The van der Waals surface area contributed by atoms with E-state index < -0.39 is 0 Å². The van der Waals surface area contributed by atoms with E-state index >= 15 is 0 Å². The Labute approximate surface area is 142 Å². The van der Waals surface area contributed by atoms with E-state index in [9.17, 15) is 0 Å². The summed E-state index contributed by atoms with van der Waals surface area (Å²) in [4.78, 5) is 9.53. The average molecular weight is 321 g/mol. The van der Waals surface area contributed by atoms with Crippen LogP contribution in [0.15, 0.2) is 41.4 Å². The number of benzene rings is 1. The van der Waals surface area contributed by atoms with Gasteiger partial charge in [-0.15, -0.1) is 0 Å². The van der Waals surface area contributed by atoms with E-state index in [0.29, 0.717) is 0 Å². The number of pyridine rings is 1. The zero-order chi connectivity index (χ0) is 16.2. The molecule has 5 heteroatoms. The topological polar surface area (TPSA) is 61.3 Å². The minimum atomic E-state index is 0.118. The Hall–Kier alpha value is -2.40. The molecule has 2 aromatic rings. The largest absolute Gasteiger partial charge is 0.384 e. The second-order valence-corrected chi connectivity index (χ2v) is 6.25. The van der Waals surface area contributed by atoms with Crippen molar-refractivity contribution in [3.63, 3.8) is 0 Å². The van der Waals surface area contributed by atoms with Crippen LogP contribution in [-0.4, -0.2) is 43.9 Å². The summed E-state index contributed by atoms with van der Waals surface area (Å²) < 4.78 is 0. The molecule has 0 saturated carbocycles. The molecule has 1 unspecified atom stereocenters. The SMILES string of the molecule is C1=NCCc2ccc3nc2C1c1cccc(c1)NCCNCCN3. The number of aromatic nitrogens is 1. The number of nitrogens with zero attached hydrogens (tertiary/aromatic N) is 2. The molecule has 4 bridgehead atoms. The first kappa shape index (κ1) is 15.1. The molecule has 0 radical (unpaired) electrons. The Kier molecular flexibility index (Phi) is 4.42. The van der Waals surface area contributed by atoms with Gasteiger partial charge in [0.25, 0.3) is 0 Å². The number of rotatable bonds is 0. The van der Waals surface area contributed by atoms with Gasteiger partial charge in [-0.1, -0.05) is 18.2 Å². The highest BCUT2D eigenvalue weighted by Crippen LogP contribution is 2.29. The molecule has 4 rings (SSSR count). The van der Waals surface area contributed by atoms with E-state index in [1.165, 1.54) is 11.1 Å². The quantitative estimate of drug-likeness (QED) is 0.697. The first-order valence-corrected chi connectivity index (χ1v) is 8.68. The lowest BCUT2D eigenvalue weighted by Crippen LogP contribution is -2.27. The summed E-state index contributed by atoms with van der Waals surface area (Å²) in [5, 5.41) is 10.3. The minimum absolute atomic E-state index is 0.118. The Balaban J connectivity index is 1.79. The van der Waals surface area contributed by atoms with Gasteiger partial charge in [0, 0.05) is 44.6 Å². The van der Waals surface area contributed by atoms with Crippen LogP contribution in [0.2, 0.25) is 0 Å². The number of aliphatic imine (C=N–C) groups is 1. The maximum atomic E-state index is 4.93. The van der Waals surface area contributed by atoms with Gasteiger partial charge in [-0.25, -0.2) is 4.98 Å². The fraction of sp³-hybridized carbons (Fsp3) is 0.368. The Morgan fingerprint density at radius 1 is 0.958 bits per heavy atom. The molecule has 0 amide bonds. The number of anilines is 2. The third kappa shape index (κ3) is 3.26. The Bertz CT molecular complexity index is 740. The summed E-state index contributed by atoms with van der Waals surface area (Å²) in [6.07, 6.45) is 3.02. The van der Waals surface area contributed by atoms with Crippen LogP contribution in [0, 0.1) is 0 Å². The molecule has 0 fully saturated rings. The first-order valence-electron chi connectivity index (χ1n) is 8.68. The molecular weight excluding hydrogens is 298 g/mol. The lowest BCUT2D eigenvalue weighted by Gasteiger charge is -2.18. The van der Waals surface area contributed by atoms with Crippen molar-refractivity contribution in [2.45, 2.75) is 12.3 Å². The molecule has 2 aliphatic heterocycles. The predicted octanol–water partition coefficient (Wildman–Crippen LogP) is 2.27. The van der Waals surface area contributed by atoms with Crippen LogP contribution in [0.5, 0.6) is 0 Å². The molecule has 0 saturated heterocycles. The van der Waals surface area contributed by atoms with Crippen molar-refractivity contribution < 1.29 is 0 Å². The van der Waals surface area contributed by atoms with Gasteiger partial charge in [-0.05, 0) is 35.7 Å². The number of hydrogen-bond acceptors (Lipinski definition) is 5. The number of nitrogens with one attached hydrogen (secondary N) is 3. The van der Waals surface area contributed by atoms with E-state index in [1.807, 2.05) is 0 Å². The normalized spacial score (nSPS) is 20.2. The summed E-state index contributed by atoms with van der Waals surface area (Å²) in [7, 11) is 0. The lowest BCUT2D eigenvalue weighted by molar-refractivity contribution is 0.717. The van der Waals surface area contributed by atoms with E-state index in [2.05, 4.69) is 63.6 Å². The maximum absolute atomic E-state index is 4.93. The molecular formula is C19H23N5. The van der Waals surface area contributed by atoms with E-state index in [1.54, 1.807) is 0 Å². The molecule has 1 aromatic carbocycles. The third-order valence-electron chi connectivity index (χ3n) is 4.56. The molecule has 1 aromatic heterocycles. The van der Waals surface area contributed by atoms with Crippen molar-refractivity contribution in [1.82, 2.24) is 10.3 Å². The summed E-state index contributed by atoms with van der Waals surface area (Å²) in [5.41, 5.74) is 4.82. The summed E-state index contributed by atoms with van der Waals surface area (Å²) in [6, 6.07) is 12.9. The number of hydrogen-bond donors (Lipinski definition) is 3. The predicted molar refractivity (Wildman–Crippen MR) is 99.4 cm³/mol. The Morgan fingerprint density at radius 2 is 1.88 bits per heavy atom. The monoisotopic (exact) mass is 321 g/mol. The second kappa shape index (κ2) is 7.01. The highest BCUT2D eigenvalue weighted by Gasteiger charge is 2.20. The van der Waals surface area contributed by atoms with Crippen LogP contribution in [-0.2, 0) is 6.42 Å². The summed E-state index contributed by atoms with van der Waals surface area (Å²) >= 11 is 0. The van der Waals surface area contributed by atoms with E-state index in [-0.39, 0.29) is 5.92 Å². The average Bonchev–Trinajstić information content (AvgIpc) is 2.82. The van der Waals surface area contributed by atoms with Crippen LogP contribution in [0.1, 0.15) is 22.7 Å². The van der Waals surface area contributed by atoms with Crippen molar-refractivity contribution in [2.75, 3.05) is 43.4 Å². The molecule has 24 heavy (non-hydrogen) atoms. The van der Waals surface area contributed by atoms with Gasteiger partial charge in [0.05, 0.1) is 11.6 Å². The van der Waals surface area contributed by atoms with Crippen LogP contribution in [0.4, 0.5) is 11.5 Å². The zero-order valence-electron chi connectivity index (χ0n) is 13.8. The molecule has 3 N–H and O–H groups in total. The summed E-state index contributed by atoms with van der Waals surface area (Å²) in [5.74, 6) is 1.06. The molecule has 5 nitrogen and oxygen atoms in total.